The van der Waals surface area contributed by atoms with E-state index < -0.39 is 21.9 Å². The summed E-state index contributed by atoms with van der Waals surface area (Å²) >= 11 is 0. The molecule has 1 aromatic carbocycles. The number of carbonyl (C=O) groups excluding carboxylic acids is 2. The van der Waals surface area contributed by atoms with Gasteiger partial charge in [-0.1, -0.05) is 0 Å². The van der Waals surface area contributed by atoms with Crippen molar-refractivity contribution in [2.24, 2.45) is 0 Å². The summed E-state index contributed by atoms with van der Waals surface area (Å²) in [6.07, 6.45) is 1.00. The summed E-state index contributed by atoms with van der Waals surface area (Å²) in [4.78, 5) is 23.2. The third kappa shape index (κ3) is 5.87. The van der Waals surface area contributed by atoms with Gasteiger partial charge in [0.25, 0.3) is 0 Å². The zero-order valence-corrected chi connectivity index (χ0v) is 14.1. The number of esters is 1. The van der Waals surface area contributed by atoms with Gasteiger partial charge in [-0.3, -0.25) is 9.10 Å². The molecule has 1 rings (SSSR count). The molecule has 0 aromatic heterocycles. The number of anilines is 1. The molecule has 0 atom stereocenters. The van der Waals surface area contributed by atoms with Crippen LogP contribution in [0.3, 0.4) is 0 Å². The normalized spacial score (nSPS) is 10.9. The third-order valence-electron chi connectivity index (χ3n) is 2.89. The number of nitrogens with one attached hydrogen (secondary N) is 1. The van der Waals surface area contributed by atoms with Gasteiger partial charge >= 0.3 is 5.97 Å². The molecule has 0 unspecified atom stereocenters. The Labute approximate surface area is 135 Å². The van der Waals surface area contributed by atoms with E-state index in [9.17, 15) is 18.0 Å². The van der Waals surface area contributed by atoms with E-state index in [1.807, 2.05) is 0 Å². The van der Waals surface area contributed by atoms with E-state index >= 15 is 0 Å². The van der Waals surface area contributed by atoms with Crippen molar-refractivity contribution >= 4 is 27.6 Å². The number of hydrogen-bond acceptors (Lipinski definition) is 6. The minimum atomic E-state index is -3.66. The molecule has 0 aliphatic heterocycles. The zero-order valence-electron chi connectivity index (χ0n) is 13.2. The Balaban J connectivity index is 2.91. The molecule has 0 heterocycles. The molecule has 0 aliphatic rings. The molecular formula is C14H20N2O6S. The summed E-state index contributed by atoms with van der Waals surface area (Å²) in [5.74, 6) is -0.982. The van der Waals surface area contributed by atoms with E-state index in [-0.39, 0.29) is 24.3 Å². The average Bonchev–Trinajstić information content (AvgIpc) is 2.51. The Hall–Kier alpha value is -2.13. The summed E-state index contributed by atoms with van der Waals surface area (Å²) in [5.41, 5.74) is 0.566. The summed E-state index contributed by atoms with van der Waals surface area (Å²) < 4.78 is 34.1. The minimum absolute atomic E-state index is 0.280. The molecule has 23 heavy (non-hydrogen) atoms. The molecule has 0 bridgehead atoms. The van der Waals surface area contributed by atoms with E-state index in [4.69, 9.17) is 4.74 Å². The number of nitrogens with zero attached hydrogens (tertiary/aromatic N) is 1. The Morgan fingerprint density at radius 1 is 1.17 bits per heavy atom. The van der Waals surface area contributed by atoms with Crippen LogP contribution in [0.1, 0.15) is 10.4 Å². The van der Waals surface area contributed by atoms with Crippen LogP contribution in [0.25, 0.3) is 0 Å². The lowest BCUT2D eigenvalue weighted by atomic mass is 10.2. The average molecular weight is 344 g/mol. The Morgan fingerprint density at radius 3 is 2.26 bits per heavy atom. The lowest BCUT2D eigenvalue weighted by Gasteiger charge is -2.22. The largest absolute Gasteiger partial charge is 0.465 e. The van der Waals surface area contributed by atoms with Gasteiger partial charge in [-0.25, -0.2) is 13.2 Å². The van der Waals surface area contributed by atoms with E-state index in [2.05, 4.69) is 10.1 Å². The summed E-state index contributed by atoms with van der Waals surface area (Å²) in [5, 5.41) is 2.55. The number of sulfonamides is 1. The number of methoxy groups -OCH3 is 2. The highest BCUT2D eigenvalue weighted by Crippen LogP contribution is 2.18. The van der Waals surface area contributed by atoms with Crippen LogP contribution in [0.4, 0.5) is 5.69 Å². The topological polar surface area (TPSA) is 102 Å². The van der Waals surface area contributed by atoms with Crippen LogP contribution in [0.2, 0.25) is 0 Å². The maximum absolute atomic E-state index is 11.9. The molecule has 0 saturated heterocycles. The van der Waals surface area contributed by atoms with Crippen molar-refractivity contribution in [3.63, 3.8) is 0 Å². The Bertz CT molecular complexity index is 642. The van der Waals surface area contributed by atoms with Crippen molar-refractivity contribution in [1.29, 1.82) is 0 Å². The van der Waals surface area contributed by atoms with Gasteiger partial charge in [-0.05, 0) is 24.3 Å². The van der Waals surface area contributed by atoms with Gasteiger partial charge in [-0.15, -0.1) is 0 Å². The lowest BCUT2D eigenvalue weighted by molar-refractivity contribution is -0.119. The maximum Gasteiger partial charge on any atom is 0.337 e. The lowest BCUT2D eigenvalue weighted by Crippen LogP contribution is -2.41. The SMILES string of the molecule is COCCNC(=O)CN(c1ccc(C(=O)OC)cc1)S(C)(=O)=O. The number of benzene rings is 1. The van der Waals surface area contributed by atoms with Gasteiger partial charge in [0.05, 0.1) is 31.2 Å². The number of rotatable bonds is 8. The number of ether oxygens (including phenoxy) is 2. The Kier molecular flexibility index (Phi) is 6.98. The Morgan fingerprint density at radius 2 is 1.78 bits per heavy atom. The van der Waals surface area contributed by atoms with Crippen LogP contribution in [-0.4, -0.2) is 60.5 Å². The molecule has 0 spiro atoms. The fourth-order valence-electron chi connectivity index (χ4n) is 1.76. The van der Waals surface area contributed by atoms with Crippen LogP contribution in [0.5, 0.6) is 0 Å². The van der Waals surface area contributed by atoms with Crippen molar-refractivity contribution in [2.45, 2.75) is 0 Å². The first kappa shape index (κ1) is 18.9. The van der Waals surface area contributed by atoms with E-state index in [0.717, 1.165) is 10.6 Å². The molecule has 128 valence electrons. The summed E-state index contributed by atoms with van der Waals surface area (Å²) in [6, 6.07) is 5.75. The number of hydrogen-bond donors (Lipinski definition) is 1. The molecule has 1 amide bonds. The first-order chi connectivity index (χ1) is 10.8. The van der Waals surface area contributed by atoms with Gasteiger partial charge in [0.15, 0.2) is 0 Å². The van der Waals surface area contributed by atoms with Crippen LogP contribution in [0.15, 0.2) is 24.3 Å². The van der Waals surface area contributed by atoms with Crippen molar-refractivity contribution in [2.75, 3.05) is 44.5 Å². The molecule has 8 nitrogen and oxygen atoms in total. The molecular weight excluding hydrogens is 324 g/mol. The molecule has 0 saturated carbocycles. The predicted molar refractivity (Wildman–Crippen MR) is 84.9 cm³/mol. The minimum Gasteiger partial charge on any atom is -0.465 e. The van der Waals surface area contributed by atoms with Crippen LogP contribution in [0, 0.1) is 0 Å². The van der Waals surface area contributed by atoms with Gasteiger partial charge in [0.2, 0.25) is 15.9 Å². The molecule has 0 fully saturated rings. The summed E-state index contributed by atoms with van der Waals surface area (Å²) in [6.45, 7) is 0.257. The highest BCUT2D eigenvalue weighted by atomic mass is 32.2. The number of amides is 1. The third-order valence-corrected chi connectivity index (χ3v) is 4.03. The first-order valence-corrected chi connectivity index (χ1v) is 8.56. The maximum atomic E-state index is 11.9. The molecule has 0 aliphatic carbocycles. The second kappa shape index (κ2) is 8.49. The molecule has 1 aromatic rings. The van der Waals surface area contributed by atoms with Crippen LogP contribution >= 0.6 is 0 Å². The monoisotopic (exact) mass is 344 g/mol. The van der Waals surface area contributed by atoms with Crippen molar-refractivity contribution < 1.29 is 27.5 Å². The smallest absolute Gasteiger partial charge is 0.337 e. The highest BCUT2D eigenvalue weighted by molar-refractivity contribution is 7.92. The fourth-order valence-corrected chi connectivity index (χ4v) is 2.62. The summed E-state index contributed by atoms with van der Waals surface area (Å²) in [7, 11) is -0.906. The fraction of sp³-hybridized carbons (Fsp3) is 0.429. The van der Waals surface area contributed by atoms with Crippen molar-refractivity contribution in [3.05, 3.63) is 29.8 Å². The standard InChI is InChI=1S/C14H20N2O6S/c1-21-9-8-15-13(17)10-16(23(3,19)20)12-6-4-11(5-7-12)14(18)22-2/h4-7H,8-10H2,1-3H3,(H,15,17). The molecule has 0 radical (unpaired) electrons. The quantitative estimate of drug-likeness (QED) is 0.526. The van der Waals surface area contributed by atoms with E-state index in [0.29, 0.717) is 6.61 Å². The van der Waals surface area contributed by atoms with Crippen LogP contribution < -0.4 is 9.62 Å². The van der Waals surface area contributed by atoms with E-state index in [1.165, 1.54) is 38.5 Å². The highest BCUT2D eigenvalue weighted by Gasteiger charge is 2.21. The molecule has 1 N–H and O–H groups in total. The van der Waals surface area contributed by atoms with Crippen LogP contribution in [-0.2, 0) is 24.3 Å². The van der Waals surface area contributed by atoms with E-state index in [1.54, 1.807) is 0 Å². The van der Waals surface area contributed by atoms with Crippen molar-refractivity contribution in [3.8, 4) is 0 Å². The van der Waals surface area contributed by atoms with Gasteiger partial charge in [0, 0.05) is 13.7 Å². The second-order valence-electron chi connectivity index (χ2n) is 4.65. The van der Waals surface area contributed by atoms with Gasteiger partial charge < -0.3 is 14.8 Å². The molecule has 9 heteroatoms. The van der Waals surface area contributed by atoms with Gasteiger partial charge in [0.1, 0.15) is 6.54 Å². The second-order valence-corrected chi connectivity index (χ2v) is 6.56. The zero-order chi connectivity index (χ0) is 17.5. The predicted octanol–water partition coefficient (Wildman–Crippen LogP) is 0.00180. The van der Waals surface area contributed by atoms with Crippen molar-refractivity contribution in [1.82, 2.24) is 5.32 Å². The first-order valence-electron chi connectivity index (χ1n) is 6.71. The number of carbonyl (C=O) groups is 2. The van der Waals surface area contributed by atoms with Gasteiger partial charge in [-0.2, -0.15) is 0 Å².